The third-order valence-electron chi connectivity index (χ3n) is 5.02. The lowest BCUT2D eigenvalue weighted by Gasteiger charge is -2.33. The van der Waals surface area contributed by atoms with Crippen molar-refractivity contribution in [3.63, 3.8) is 0 Å². The summed E-state index contributed by atoms with van der Waals surface area (Å²) < 4.78 is 31.5. The Hall–Kier alpha value is -2.49. The minimum absolute atomic E-state index is 0.00963. The number of hydrogen-bond acceptors (Lipinski definition) is 5. The van der Waals surface area contributed by atoms with E-state index in [0.29, 0.717) is 27.8 Å². The molecule has 0 aromatic heterocycles. The molecular weight excluding hydrogens is 489 g/mol. The maximum atomic E-state index is 13.5. The van der Waals surface area contributed by atoms with Crippen LogP contribution >= 0.6 is 23.2 Å². The fraction of sp³-hybridized carbons (Fsp3) is 0.364. The molecule has 33 heavy (non-hydrogen) atoms. The number of amides is 2. The zero-order valence-corrected chi connectivity index (χ0v) is 21.2. The first-order valence-corrected chi connectivity index (χ1v) is 12.7. The number of anilines is 1. The Balaban J connectivity index is 2.50. The Kier molecular flexibility index (Phi) is 9.39. The number of halogens is 2. The number of methoxy groups -OCH3 is 1. The number of para-hydroxylation sites is 2. The summed E-state index contributed by atoms with van der Waals surface area (Å²) in [5.41, 5.74) is 0.785. The van der Waals surface area contributed by atoms with Crippen molar-refractivity contribution in [1.82, 2.24) is 10.2 Å². The second-order valence-electron chi connectivity index (χ2n) is 7.24. The minimum atomic E-state index is -3.86. The quantitative estimate of drug-likeness (QED) is 0.523. The van der Waals surface area contributed by atoms with Gasteiger partial charge in [0.05, 0.1) is 19.1 Å². The van der Waals surface area contributed by atoms with Gasteiger partial charge in [-0.1, -0.05) is 48.3 Å². The maximum Gasteiger partial charge on any atom is 0.244 e. The number of carbonyl (C=O) groups is 2. The first kappa shape index (κ1) is 26.8. The molecule has 0 saturated carbocycles. The Morgan fingerprint density at radius 1 is 1.15 bits per heavy atom. The van der Waals surface area contributed by atoms with E-state index < -0.39 is 28.5 Å². The van der Waals surface area contributed by atoms with Gasteiger partial charge in [0.2, 0.25) is 21.8 Å². The van der Waals surface area contributed by atoms with Crippen LogP contribution in [0.1, 0.15) is 18.9 Å². The Morgan fingerprint density at radius 3 is 2.36 bits per heavy atom. The highest BCUT2D eigenvalue weighted by Crippen LogP contribution is 2.30. The van der Waals surface area contributed by atoms with E-state index in [1.807, 2.05) is 0 Å². The highest BCUT2D eigenvalue weighted by Gasteiger charge is 2.32. The SMILES string of the molecule is CC[C@H](C(=O)NC)N(Cc1ccc(Cl)cc1Cl)C(=O)CN(c1ccccc1OC)S(C)(=O)=O. The first-order valence-electron chi connectivity index (χ1n) is 10.1. The molecule has 8 nitrogen and oxygen atoms in total. The molecular formula is C22H27Cl2N3O5S. The van der Waals surface area contributed by atoms with Gasteiger partial charge in [-0.05, 0) is 36.2 Å². The molecule has 0 aliphatic heterocycles. The summed E-state index contributed by atoms with van der Waals surface area (Å²) in [6.07, 6.45) is 1.31. The number of nitrogens with one attached hydrogen (secondary N) is 1. The lowest BCUT2D eigenvalue weighted by molar-refractivity contribution is -0.140. The summed E-state index contributed by atoms with van der Waals surface area (Å²) in [5, 5.41) is 3.32. The van der Waals surface area contributed by atoms with Gasteiger partial charge in [-0.25, -0.2) is 8.42 Å². The number of hydrogen-bond donors (Lipinski definition) is 1. The largest absolute Gasteiger partial charge is 0.495 e. The normalized spacial score (nSPS) is 12.1. The molecule has 0 bridgehead atoms. The van der Waals surface area contributed by atoms with Crippen molar-refractivity contribution >= 4 is 50.7 Å². The second kappa shape index (κ2) is 11.6. The summed E-state index contributed by atoms with van der Waals surface area (Å²) in [7, 11) is -0.978. The summed E-state index contributed by atoms with van der Waals surface area (Å²) in [5.74, 6) is -0.659. The Labute approximate surface area is 204 Å². The summed E-state index contributed by atoms with van der Waals surface area (Å²) in [4.78, 5) is 27.4. The van der Waals surface area contributed by atoms with Crippen molar-refractivity contribution in [1.29, 1.82) is 0 Å². The molecule has 0 unspecified atom stereocenters. The van der Waals surface area contributed by atoms with E-state index >= 15 is 0 Å². The molecule has 0 fully saturated rings. The molecule has 2 aromatic rings. The number of nitrogens with zero attached hydrogens (tertiary/aromatic N) is 2. The van der Waals surface area contributed by atoms with Gasteiger partial charge >= 0.3 is 0 Å². The van der Waals surface area contributed by atoms with Crippen molar-refractivity contribution < 1.29 is 22.7 Å². The fourth-order valence-electron chi connectivity index (χ4n) is 3.35. The van der Waals surface area contributed by atoms with Crippen molar-refractivity contribution in [2.45, 2.75) is 25.9 Å². The Bertz CT molecular complexity index is 1110. The molecule has 2 rings (SSSR count). The monoisotopic (exact) mass is 515 g/mol. The van der Waals surface area contributed by atoms with Crippen LogP contribution in [-0.2, 0) is 26.2 Å². The number of likely N-dealkylation sites (N-methyl/N-ethyl adjacent to an activating group) is 1. The molecule has 1 atom stereocenters. The fourth-order valence-corrected chi connectivity index (χ4v) is 4.67. The number of sulfonamides is 1. The highest BCUT2D eigenvalue weighted by molar-refractivity contribution is 7.92. The zero-order chi connectivity index (χ0) is 24.8. The van der Waals surface area contributed by atoms with Gasteiger partial charge in [0.25, 0.3) is 0 Å². The molecule has 0 spiro atoms. The van der Waals surface area contributed by atoms with Gasteiger partial charge in [0, 0.05) is 23.6 Å². The molecule has 0 aliphatic carbocycles. The van der Waals surface area contributed by atoms with E-state index in [9.17, 15) is 18.0 Å². The van der Waals surface area contributed by atoms with Gasteiger partial charge in [0.15, 0.2) is 0 Å². The molecule has 0 heterocycles. The van der Waals surface area contributed by atoms with Gasteiger partial charge < -0.3 is 15.0 Å². The Morgan fingerprint density at radius 2 is 1.82 bits per heavy atom. The van der Waals surface area contributed by atoms with E-state index in [4.69, 9.17) is 27.9 Å². The van der Waals surface area contributed by atoms with E-state index in [0.717, 1.165) is 10.6 Å². The lowest BCUT2D eigenvalue weighted by atomic mass is 10.1. The van der Waals surface area contributed by atoms with Crippen molar-refractivity contribution in [2.75, 3.05) is 31.3 Å². The average molecular weight is 516 g/mol. The number of ether oxygens (including phenoxy) is 1. The van der Waals surface area contributed by atoms with E-state index in [1.54, 1.807) is 49.4 Å². The summed E-state index contributed by atoms with van der Waals surface area (Å²) in [6.45, 7) is 1.22. The van der Waals surface area contributed by atoms with Crippen LogP contribution in [0.3, 0.4) is 0 Å². The number of rotatable bonds is 10. The van der Waals surface area contributed by atoms with Crippen LogP contribution in [0.2, 0.25) is 10.0 Å². The molecule has 1 N–H and O–H groups in total. The standard InChI is InChI=1S/C22H27Cl2N3O5S/c1-5-18(22(29)25-2)26(13-15-10-11-16(23)12-17(15)24)21(28)14-27(33(4,30)31)19-8-6-7-9-20(19)32-3/h6-12,18H,5,13-14H2,1-4H3,(H,25,29)/t18-/m1/s1. The van der Waals surface area contributed by atoms with Gasteiger partial charge in [0.1, 0.15) is 18.3 Å². The van der Waals surface area contributed by atoms with Gasteiger partial charge in [-0.2, -0.15) is 0 Å². The average Bonchev–Trinajstić information content (AvgIpc) is 2.77. The molecule has 0 radical (unpaired) electrons. The first-order chi connectivity index (χ1) is 15.5. The summed E-state index contributed by atoms with van der Waals surface area (Å²) >= 11 is 12.3. The van der Waals surface area contributed by atoms with Gasteiger partial charge in [-0.15, -0.1) is 0 Å². The predicted octanol–water partition coefficient (Wildman–Crippen LogP) is 3.32. The topological polar surface area (TPSA) is 96.0 Å². The summed E-state index contributed by atoms with van der Waals surface area (Å²) in [6, 6.07) is 10.5. The molecule has 0 saturated heterocycles. The minimum Gasteiger partial charge on any atom is -0.495 e. The third-order valence-corrected chi connectivity index (χ3v) is 6.73. The van der Waals surface area contributed by atoms with Gasteiger partial charge in [-0.3, -0.25) is 13.9 Å². The van der Waals surface area contributed by atoms with Crippen LogP contribution in [0.4, 0.5) is 5.69 Å². The number of carbonyl (C=O) groups excluding carboxylic acids is 2. The van der Waals surface area contributed by atoms with Crippen LogP contribution in [0, 0.1) is 0 Å². The molecule has 180 valence electrons. The zero-order valence-electron chi connectivity index (χ0n) is 18.8. The molecule has 11 heteroatoms. The van der Waals surface area contributed by atoms with Crippen LogP contribution in [0.5, 0.6) is 5.75 Å². The predicted molar refractivity (Wildman–Crippen MR) is 130 cm³/mol. The van der Waals surface area contributed by atoms with Crippen molar-refractivity contribution in [3.8, 4) is 5.75 Å². The van der Waals surface area contributed by atoms with E-state index in [1.165, 1.54) is 19.1 Å². The maximum absolute atomic E-state index is 13.5. The van der Waals surface area contributed by atoms with Crippen LogP contribution < -0.4 is 14.4 Å². The van der Waals surface area contributed by atoms with Crippen LogP contribution in [0.25, 0.3) is 0 Å². The molecule has 2 amide bonds. The van der Waals surface area contributed by atoms with E-state index in [2.05, 4.69) is 5.32 Å². The van der Waals surface area contributed by atoms with Crippen LogP contribution in [0.15, 0.2) is 42.5 Å². The number of benzene rings is 2. The van der Waals surface area contributed by atoms with Crippen molar-refractivity contribution in [3.05, 3.63) is 58.1 Å². The van der Waals surface area contributed by atoms with E-state index in [-0.39, 0.29) is 18.1 Å². The molecule has 2 aromatic carbocycles. The highest BCUT2D eigenvalue weighted by atomic mass is 35.5. The lowest BCUT2D eigenvalue weighted by Crippen LogP contribution is -2.51. The molecule has 0 aliphatic rings. The van der Waals surface area contributed by atoms with Crippen molar-refractivity contribution in [2.24, 2.45) is 0 Å². The van der Waals surface area contributed by atoms with Crippen LogP contribution in [-0.4, -0.2) is 58.1 Å². The third kappa shape index (κ3) is 6.75. The smallest absolute Gasteiger partial charge is 0.244 e. The second-order valence-corrected chi connectivity index (χ2v) is 9.99.